The monoisotopic (exact) mass is 235 g/mol. The van der Waals surface area contributed by atoms with Crippen LogP contribution in [0, 0.1) is 11.6 Å². The summed E-state index contributed by atoms with van der Waals surface area (Å²) >= 11 is 0. The first-order valence-corrected chi connectivity index (χ1v) is 5.05. The molecule has 0 aliphatic rings. The number of hydrogen-bond acceptors (Lipinski definition) is 2. The third kappa shape index (κ3) is 2.72. The molecule has 0 heterocycles. The molecule has 0 aliphatic heterocycles. The first-order chi connectivity index (χ1) is 8.19. The molecule has 0 bridgehead atoms. The lowest BCUT2D eigenvalue weighted by molar-refractivity contribution is 0.411. The topological polar surface area (TPSA) is 21.3 Å². The highest BCUT2D eigenvalue weighted by atomic mass is 19.1. The molecule has 0 saturated heterocycles. The summed E-state index contributed by atoms with van der Waals surface area (Å²) in [5, 5.41) is 2.79. The van der Waals surface area contributed by atoms with Crippen molar-refractivity contribution >= 4 is 11.4 Å². The quantitative estimate of drug-likeness (QED) is 0.875. The summed E-state index contributed by atoms with van der Waals surface area (Å²) in [6.45, 7) is 0. The Morgan fingerprint density at radius 3 is 2.53 bits per heavy atom. The number of nitrogens with one attached hydrogen (secondary N) is 1. The van der Waals surface area contributed by atoms with Crippen LogP contribution in [0.25, 0.3) is 0 Å². The molecule has 2 aromatic carbocycles. The van der Waals surface area contributed by atoms with Crippen LogP contribution in [0.2, 0.25) is 0 Å². The van der Waals surface area contributed by atoms with Gasteiger partial charge in [0.2, 0.25) is 0 Å². The minimum atomic E-state index is -0.450. The maximum atomic E-state index is 13.6. The van der Waals surface area contributed by atoms with Crippen molar-refractivity contribution in [2.75, 3.05) is 12.4 Å². The van der Waals surface area contributed by atoms with E-state index in [1.807, 2.05) is 0 Å². The molecule has 4 heteroatoms. The van der Waals surface area contributed by atoms with Crippen LogP contribution >= 0.6 is 0 Å². The van der Waals surface area contributed by atoms with Crippen molar-refractivity contribution in [3.63, 3.8) is 0 Å². The van der Waals surface area contributed by atoms with Crippen LogP contribution in [-0.4, -0.2) is 7.11 Å². The van der Waals surface area contributed by atoms with E-state index in [0.717, 1.165) is 0 Å². The Balaban J connectivity index is 2.24. The highest BCUT2D eigenvalue weighted by molar-refractivity contribution is 5.61. The molecule has 0 amide bonds. The molecule has 0 atom stereocenters. The maximum Gasteiger partial charge on any atom is 0.150 e. The van der Waals surface area contributed by atoms with Gasteiger partial charge in [0.25, 0.3) is 0 Å². The van der Waals surface area contributed by atoms with E-state index in [4.69, 9.17) is 4.74 Å². The van der Waals surface area contributed by atoms with Crippen molar-refractivity contribution in [1.82, 2.24) is 0 Å². The normalized spacial score (nSPS) is 10.1. The van der Waals surface area contributed by atoms with Gasteiger partial charge < -0.3 is 10.1 Å². The van der Waals surface area contributed by atoms with E-state index in [0.29, 0.717) is 11.4 Å². The van der Waals surface area contributed by atoms with Gasteiger partial charge in [0.05, 0.1) is 12.8 Å². The van der Waals surface area contributed by atoms with E-state index in [1.165, 1.54) is 25.3 Å². The third-order valence-corrected chi connectivity index (χ3v) is 2.28. The second-order valence-electron chi connectivity index (χ2n) is 3.48. The van der Waals surface area contributed by atoms with Crippen LogP contribution in [-0.2, 0) is 0 Å². The van der Waals surface area contributed by atoms with E-state index in [1.54, 1.807) is 24.3 Å². The van der Waals surface area contributed by atoms with Crippen molar-refractivity contribution in [3.8, 4) is 5.75 Å². The van der Waals surface area contributed by atoms with Gasteiger partial charge in [-0.15, -0.1) is 0 Å². The molecule has 2 aromatic rings. The first-order valence-electron chi connectivity index (χ1n) is 5.05. The van der Waals surface area contributed by atoms with Gasteiger partial charge in [0, 0.05) is 11.8 Å². The molecule has 17 heavy (non-hydrogen) atoms. The van der Waals surface area contributed by atoms with Crippen molar-refractivity contribution in [2.24, 2.45) is 0 Å². The Morgan fingerprint density at radius 1 is 1.06 bits per heavy atom. The van der Waals surface area contributed by atoms with E-state index in [2.05, 4.69) is 5.32 Å². The highest BCUT2D eigenvalue weighted by Crippen LogP contribution is 2.24. The van der Waals surface area contributed by atoms with Crippen molar-refractivity contribution in [2.45, 2.75) is 0 Å². The molecular weight excluding hydrogens is 224 g/mol. The van der Waals surface area contributed by atoms with E-state index in [-0.39, 0.29) is 11.5 Å². The summed E-state index contributed by atoms with van der Waals surface area (Å²) in [6.07, 6.45) is 0. The van der Waals surface area contributed by atoms with Crippen LogP contribution in [0.4, 0.5) is 20.2 Å². The van der Waals surface area contributed by atoms with Crippen molar-refractivity contribution in [3.05, 3.63) is 54.1 Å². The fraction of sp³-hybridized carbons (Fsp3) is 0.0769. The van der Waals surface area contributed by atoms with Gasteiger partial charge in [-0.25, -0.2) is 8.78 Å². The Kier molecular flexibility index (Phi) is 3.23. The molecule has 0 aromatic heterocycles. The lowest BCUT2D eigenvalue weighted by Gasteiger charge is -2.08. The van der Waals surface area contributed by atoms with Gasteiger partial charge in [0.15, 0.2) is 0 Å². The number of hydrogen-bond donors (Lipinski definition) is 1. The third-order valence-electron chi connectivity index (χ3n) is 2.28. The van der Waals surface area contributed by atoms with Gasteiger partial charge in [-0.1, -0.05) is 6.07 Å². The maximum absolute atomic E-state index is 13.6. The van der Waals surface area contributed by atoms with E-state index >= 15 is 0 Å². The number of methoxy groups -OCH3 is 1. The number of rotatable bonds is 3. The number of benzene rings is 2. The molecule has 2 rings (SSSR count). The summed E-state index contributed by atoms with van der Waals surface area (Å²) in [5.41, 5.74) is 0.769. The summed E-state index contributed by atoms with van der Waals surface area (Å²) in [4.78, 5) is 0. The van der Waals surface area contributed by atoms with Crippen LogP contribution in [0.1, 0.15) is 0 Å². The molecular formula is C13H11F2NO. The first kappa shape index (κ1) is 11.4. The second-order valence-corrected chi connectivity index (χ2v) is 3.48. The van der Waals surface area contributed by atoms with E-state index < -0.39 is 5.82 Å². The molecule has 0 aliphatic carbocycles. The lowest BCUT2D eigenvalue weighted by atomic mass is 10.2. The summed E-state index contributed by atoms with van der Waals surface area (Å²) < 4.78 is 31.4. The molecule has 0 spiro atoms. The zero-order valence-corrected chi connectivity index (χ0v) is 9.21. The number of halogens is 2. The van der Waals surface area contributed by atoms with Gasteiger partial charge in [-0.05, 0) is 30.3 Å². The summed E-state index contributed by atoms with van der Waals surface area (Å²) in [5.74, 6) is -0.384. The molecule has 0 fully saturated rings. The Labute approximate surface area is 97.8 Å². The van der Waals surface area contributed by atoms with Crippen LogP contribution < -0.4 is 10.1 Å². The SMILES string of the molecule is COc1ccc(Nc2cccc(F)c2)c(F)c1. The minimum Gasteiger partial charge on any atom is -0.497 e. The van der Waals surface area contributed by atoms with Crippen LogP contribution in [0.5, 0.6) is 5.75 Å². The smallest absolute Gasteiger partial charge is 0.150 e. The van der Waals surface area contributed by atoms with Crippen molar-refractivity contribution in [1.29, 1.82) is 0 Å². The zero-order valence-electron chi connectivity index (χ0n) is 9.21. The zero-order chi connectivity index (χ0) is 12.3. The predicted octanol–water partition coefficient (Wildman–Crippen LogP) is 3.72. The summed E-state index contributed by atoms with van der Waals surface area (Å²) in [7, 11) is 1.47. The summed E-state index contributed by atoms with van der Waals surface area (Å²) in [6, 6.07) is 10.3. The molecule has 0 saturated carbocycles. The number of ether oxygens (including phenoxy) is 1. The van der Waals surface area contributed by atoms with Gasteiger partial charge in [-0.2, -0.15) is 0 Å². The molecule has 88 valence electrons. The number of anilines is 2. The van der Waals surface area contributed by atoms with Gasteiger partial charge >= 0.3 is 0 Å². The second kappa shape index (κ2) is 4.82. The Hall–Kier alpha value is -2.10. The average Bonchev–Trinajstić information content (AvgIpc) is 2.32. The molecule has 2 nitrogen and oxygen atoms in total. The highest BCUT2D eigenvalue weighted by Gasteiger charge is 2.04. The average molecular weight is 235 g/mol. The predicted molar refractivity (Wildman–Crippen MR) is 62.6 cm³/mol. The van der Waals surface area contributed by atoms with Crippen LogP contribution in [0.15, 0.2) is 42.5 Å². The largest absolute Gasteiger partial charge is 0.497 e. The Bertz CT molecular complexity index is 529. The molecule has 1 N–H and O–H groups in total. The fourth-order valence-electron chi connectivity index (χ4n) is 1.45. The fourth-order valence-corrected chi connectivity index (χ4v) is 1.45. The molecule has 0 unspecified atom stereocenters. The minimum absolute atomic E-state index is 0.274. The lowest BCUT2D eigenvalue weighted by Crippen LogP contribution is -1.95. The van der Waals surface area contributed by atoms with Gasteiger partial charge in [-0.3, -0.25) is 0 Å². The van der Waals surface area contributed by atoms with E-state index in [9.17, 15) is 8.78 Å². The van der Waals surface area contributed by atoms with Crippen LogP contribution in [0.3, 0.4) is 0 Å². The Morgan fingerprint density at radius 2 is 1.88 bits per heavy atom. The van der Waals surface area contributed by atoms with Gasteiger partial charge in [0.1, 0.15) is 17.4 Å². The molecule has 0 radical (unpaired) electrons. The van der Waals surface area contributed by atoms with Crippen molar-refractivity contribution < 1.29 is 13.5 Å². The standard InChI is InChI=1S/C13H11F2NO/c1-17-11-5-6-13(12(15)8-11)16-10-4-2-3-9(14)7-10/h2-8,16H,1H3.